The Morgan fingerprint density at radius 1 is 1.25 bits per heavy atom. The van der Waals surface area contributed by atoms with E-state index in [4.69, 9.17) is 10.5 Å². The first-order valence-electron chi connectivity index (χ1n) is 8.11. The lowest BCUT2D eigenvalue weighted by molar-refractivity contribution is -0.139. The van der Waals surface area contributed by atoms with Crippen molar-refractivity contribution in [2.24, 2.45) is 0 Å². The van der Waals surface area contributed by atoms with Gasteiger partial charge < -0.3 is 15.4 Å². The number of hydrogen-bond acceptors (Lipinski definition) is 3. The van der Waals surface area contributed by atoms with Crippen LogP contribution in [0.15, 0.2) is 53.0 Å². The lowest BCUT2D eigenvalue weighted by Gasteiger charge is -2.33. The lowest BCUT2D eigenvalue weighted by atomic mass is 10.1. The number of benzene rings is 2. The van der Waals surface area contributed by atoms with E-state index in [0.717, 1.165) is 21.3 Å². The van der Waals surface area contributed by atoms with Crippen molar-refractivity contribution in [1.82, 2.24) is 4.90 Å². The van der Waals surface area contributed by atoms with E-state index in [-0.39, 0.29) is 12.0 Å². The summed E-state index contributed by atoms with van der Waals surface area (Å²) in [6.07, 6.45) is 1.08. The minimum absolute atomic E-state index is 0.0676. The summed E-state index contributed by atoms with van der Waals surface area (Å²) in [6.45, 7) is 1.81. The molecular weight excluding hydrogens is 368 g/mol. The number of rotatable bonds is 4. The van der Waals surface area contributed by atoms with Crippen LogP contribution in [0.25, 0.3) is 0 Å². The fourth-order valence-corrected chi connectivity index (χ4v) is 3.36. The number of carbonyl (C=O) groups excluding carboxylic acids is 1. The van der Waals surface area contributed by atoms with Crippen molar-refractivity contribution in [3.63, 3.8) is 0 Å². The van der Waals surface area contributed by atoms with Crippen LogP contribution in [-0.2, 0) is 16.0 Å². The van der Waals surface area contributed by atoms with Gasteiger partial charge in [-0.25, -0.2) is 0 Å². The van der Waals surface area contributed by atoms with E-state index < -0.39 is 0 Å². The van der Waals surface area contributed by atoms with Crippen LogP contribution in [0.3, 0.4) is 0 Å². The number of amides is 1. The first kappa shape index (κ1) is 17.0. The molecule has 1 heterocycles. The predicted octanol–water partition coefficient (Wildman–Crippen LogP) is 3.56. The molecule has 1 fully saturated rings. The molecule has 0 radical (unpaired) electrons. The van der Waals surface area contributed by atoms with Crippen LogP contribution in [0, 0.1) is 0 Å². The Labute approximate surface area is 150 Å². The number of ether oxygens (including phenoxy) is 1. The molecule has 2 aromatic rings. The number of aryl methyl sites for hydroxylation is 1. The van der Waals surface area contributed by atoms with E-state index in [1.165, 1.54) is 0 Å². The average Bonchev–Trinajstić information content (AvgIpc) is 2.61. The molecule has 2 aromatic carbocycles. The number of nitrogen functional groups attached to an aromatic ring is 1. The van der Waals surface area contributed by atoms with Gasteiger partial charge in [-0.3, -0.25) is 4.79 Å². The predicted molar refractivity (Wildman–Crippen MR) is 98.6 cm³/mol. The number of anilines is 1. The van der Waals surface area contributed by atoms with Crippen molar-refractivity contribution < 1.29 is 9.53 Å². The molecule has 1 saturated heterocycles. The molecule has 0 spiro atoms. The number of carbonyl (C=O) groups is 1. The van der Waals surface area contributed by atoms with Gasteiger partial charge in [-0.15, -0.1) is 0 Å². The Hall–Kier alpha value is -1.85. The first-order valence-corrected chi connectivity index (χ1v) is 8.91. The minimum atomic E-state index is -0.0676. The van der Waals surface area contributed by atoms with Gasteiger partial charge in [-0.05, 0) is 35.7 Å². The van der Waals surface area contributed by atoms with Crippen molar-refractivity contribution in [1.29, 1.82) is 0 Å². The number of nitrogens with zero attached hydrogens (tertiary/aromatic N) is 1. The van der Waals surface area contributed by atoms with Gasteiger partial charge in [0.05, 0.1) is 13.2 Å². The second-order valence-corrected chi connectivity index (χ2v) is 6.87. The number of halogens is 1. The smallest absolute Gasteiger partial charge is 0.223 e. The molecule has 1 aliphatic heterocycles. The van der Waals surface area contributed by atoms with Crippen LogP contribution in [0.4, 0.5) is 5.69 Å². The van der Waals surface area contributed by atoms with Crippen molar-refractivity contribution in [3.8, 4) is 0 Å². The third-order valence-electron chi connectivity index (χ3n) is 4.30. The van der Waals surface area contributed by atoms with Crippen molar-refractivity contribution in [3.05, 3.63) is 64.1 Å². The molecule has 24 heavy (non-hydrogen) atoms. The number of para-hydroxylation sites is 1. The van der Waals surface area contributed by atoms with Gasteiger partial charge in [0.15, 0.2) is 0 Å². The summed E-state index contributed by atoms with van der Waals surface area (Å²) in [7, 11) is 0. The van der Waals surface area contributed by atoms with Crippen LogP contribution in [0.5, 0.6) is 0 Å². The Kier molecular flexibility index (Phi) is 5.53. The van der Waals surface area contributed by atoms with Crippen LogP contribution < -0.4 is 5.73 Å². The van der Waals surface area contributed by atoms with Gasteiger partial charge in [0, 0.05) is 23.1 Å². The minimum Gasteiger partial charge on any atom is -0.399 e. The SMILES string of the molecule is Nc1ccccc1CCC(=O)N1CCOC(c2cccc(Br)c2)C1. The van der Waals surface area contributed by atoms with Gasteiger partial charge in [0.2, 0.25) is 5.91 Å². The number of morpholine rings is 1. The molecule has 0 aromatic heterocycles. The Morgan fingerprint density at radius 2 is 2.08 bits per heavy atom. The molecule has 2 N–H and O–H groups in total. The van der Waals surface area contributed by atoms with Crippen molar-refractivity contribution >= 4 is 27.5 Å². The quantitative estimate of drug-likeness (QED) is 0.814. The topological polar surface area (TPSA) is 55.6 Å². The number of hydrogen-bond donors (Lipinski definition) is 1. The fourth-order valence-electron chi connectivity index (χ4n) is 2.95. The van der Waals surface area contributed by atoms with Crippen LogP contribution in [-0.4, -0.2) is 30.5 Å². The van der Waals surface area contributed by atoms with Crippen LogP contribution in [0.2, 0.25) is 0 Å². The molecule has 1 atom stereocenters. The maximum atomic E-state index is 12.5. The van der Waals surface area contributed by atoms with Gasteiger partial charge in [-0.2, -0.15) is 0 Å². The summed E-state index contributed by atoms with van der Waals surface area (Å²) in [5, 5.41) is 0. The summed E-state index contributed by atoms with van der Waals surface area (Å²) in [5.41, 5.74) is 8.82. The first-order chi connectivity index (χ1) is 11.6. The summed E-state index contributed by atoms with van der Waals surface area (Å²) in [5.74, 6) is 0.154. The fraction of sp³-hybridized carbons (Fsp3) is 0.316. The third-order valence-corrected chi connectivity index (χ3v) is 4.80. The highest BCUT2D eigenvalue weighted by Crippen LogP contribution is 2.25. The van der Waals surface area contributed by atoms with Gasteiger partial charge in [-0.1, -0.05) is 46.3 Å². The highest BCUT2D eigenvalue weighted by atomic mass is 79.9. The van der Waals surface area contributed by atoms with E-state index in [9.17, 15) is 4.79 Å². The lowest BCUT2D eigenvalue weighted by Crippen LogP contribution is -2.42. The largest absolute Gasteiger partial charge is 0.399 e. The molecule has 5 heteroatoms. The van der Waals surface area contributed by atoms with E-state index in [1.807, 2.05) is 53.4 Å². The molecule has 1 unspecified atom stereocenters. The molecule has 0 aliphatic carbocycles. The summed E-state index contributed by atoms with van der Waals surface area (Å²) < 4.78 is 6.87. The zero-order chi connectivity index (χ0) is 16.9. The number of nitrogens with two attached hydrogens (primary N) is 1. The van der Waals surface area contributed by atoms with E-state index in [0.29, 0.717) is 32.5 Å². The normalized spacial score (nSPS) is 17.7. The van der Waals surface area contributed by atoms with Crippen molar-refractivity contribution in [2.75, 3.05) is 25.4 Å². The Balaban J connectivity index is 1.60. The molecule has 0 saturated carbocycles. The van der Waals surface area contributed by atoms with Gasteiger partial charge in [0.1, 0.15) is 6.10 Å². The average molecular weight is 389 g/mol. The molecule has 4 nitrogen and oxygen atoms in total. The van der Waals surface area contributed by atoms with E-state index in [2.05, 4.69) is 15.9 Å². The Morgan fingerprint density at radius 3 is 2.88 bits per heavy atom. The highest BCUT2D eigenvalue weighted by Gasteiger charge is 2.25. The third kappa shape index (κ3) is 4.16. The van der Waals surface area contributed by atoms with Crippen LogP contribution in [0.1, 0.15) is 23.7 Å². The second kappa shape index (κ2) is 7.81. The Bertz CT molecular complexity index is 720. The van der Waals surface area contributed by atoms with Crippen molar-refractivity contribution in [2.45, 2.75) is 18.9 Å². The molecule has 126 valence electrons. The molecule has 1 amide bonds. The summed E-state index contributed by atoms with van der Waals surface area (Å²) in [6, 6.07) is 15.8. The van der Waals surface area contributed by atoms with Gasteiger partial charge in [0.25, 0.3) is 0 Å². The molecule has 0 bridgehead atoms. The van der Waals surface area contributed by atoms with E-state index in [1.54, 1.807) is 0 Å². The zero-order valence-corrected chi connectivity index (χ0v) is 15.0. The summed E-state index contributed by atoms with van der Waals surface area (Å²) in [4.78, 5) is 14.4. The molecular formula is C19H21BrN2O2. The maximum Gasteiger partial charge on any atom is 0.223 e. The van der Waals surface area contributed by atoms with Crippen LogP contribution >= 0.6 is 15.9 Å². The monoisotopic (exact) mass is 388 g/mol. The standard InChI is InChI=1S/C19H21BrN2O2/c20-16-6-3-5-15(12-16)18-13-22(10-11-24-18)19(23)9-8-14-4-1-2-7-17(14)21/h1-7,12,18H,8-11,13,21H2. The summed E-state index contributed by atoms with van der Waals surface area (Å²) >= 11 is 3.48. The highest BCUT2D eigenvalue weighted by molar-refractivity contribution is 9.10. The second-order valence-electron chi connectivity index (χ2n) is 5.95. The zero-order valence-electron chi connectivity index (χ0n) is 13.5. The maximum absolute atomic E-state index is 12.5. The molecule has 3 rings (SSSR count). The van der Waals surface area contributed by atoms with Gasteiger partial charge >= 0.3 is 0 Å². The molecule has 1 aliphatic rings. The van der Waals surface area contributed by atoms with E-state index >= 15 is 0 Å².